The zero-order valence-corrected chi connectivity index (χ0v) is 18.1. The zero-order valence-electron chi connectivity index (χ0n) is 13.3. The van der Waals surface area contributed by atoms with Gasteiger partial charge in [-0.05, 0) is 49.4 Å². The van der Waals surface area contributed by atoms with Crippen LogP contribution in [0.15, 0.2) is 0 Å². The molecule has 24 heavy (non-hydrogen) atoms. The SMILES string of the molecule is CS(=O)(=O)O[C@@H]1C2CCC3C2C2[C@]1(Br)CC[C@@]2(Br)[C@H]3OS(C)(=O)=O. The first-order chi connectivity index (χ1) is 10.9. The molecular formula is C14H20Br2O6S2. The monoisotopic (exact) mass is 506 g/mol. The van der Waals surface area contributed by atoms with E-state index in [2.05, 4.69) is 31.9 Å². The van der Waals surface area contributed by atoms with Crippen LogP contribution in [0, 0.1) is 23.7 Å². The highest BCUT2D eigenvalue weighted by Crippen LogP contribution is 2.76. The van der Waals surface area contributed by atoms with Crippen molar-refractivity contribution in [2.24, 2.45) is 23.7 Å². The Labute approximate surface area is 159 Å². The molecule has 0 spiro atoms. The summed E-state index contributed by atoms with van der Waals surface area (Å²) in [6.45, 7) is 0. The second-order valence-corrected chi connectivity index (χ2v) is 13.9. The van der Waals surface area contributed by atoms with Crippen molar-refractivity contribution >= 4 is 52.1 Å². The number of alkyl halides is 2. The molecule has 0 saturated heterocycles. The highest BCUT2D eigenvalue weighted by molar-refractivity contribution is 9.10. The molecule has 6 nitrogen and oxygen atoms in total. The smallest absolute Gasteiger partial charge is 0.264 e. The Balaban J connectivity index is 1.77. The minimum absolute atomic E-state index is 0.0981. The van der Waals surface area contributed by atoms with Crippen LogP contribution in [0.4, 0.5) is 0 Å². The predicted molar refractivity (Wildman–Crippen MR) is 95.2 cm³/mol. The molecule has 0 bridgehead atoms. The second-order valence-electron chi connectivity index (χ2n) is 7.76. The lowest BCUT2D eigenvalue weighted by atomic mass is 9.89. The van der Waals surface area contributed by atoms with Gasteiger partial charge in [-0.15, -0.1) is 0 Å². The average molecular weight is 508 g/mol. The van der Waals surface area contributed by atoms with E-state index in [4.69, 9.17) is 8.37 Å². The van der Waals surface area contributed by atoms with E-state index in [1.807, 2.05) is 0 Å². The van der Waals surface area contributed by atoms with Crippen molar-refractivity contribution in [1.29, 1.82) is 0 Å². The van der Waals surface area contributed by atoms with Gasteiger partial charge in [0.15, 0.2) is 0 Å². The molecule has 0 aromatic carbocycles. The Morgan fingerprint density at radius 1 is 0.833 bits per heavy atom. The molecule has 0 aliphatic heterocycles. The Bertz CT molecular complexity index is 719. The third-order valence-corrected chi connectivity index (χ3v) is 10.2. The molecule has 4 fully saturated rings. The van der Waals surface area contributed by atoms with Gasteiger partial charge in [-0.1, -0.05) is 31.9 Å². The number of halogens is 2. The van der Waals surface area contributed by atoms with Crippen molar-refractivity contribution in [2.45, 2.75) is 46.5 Å². The van der Waals surface area contributed by atoms with Gasteiger partial charge in [-0.25, -0.2) is 0 Å². The summed E-state index contributed by atoms with van der Waals surface area (Å²) in [6.07, 6.45) is 4.53. The van der Waals surface area contributed by atoms with Crippen molar-refractivity contribution in [3.63, 3.8) is 0 Å². The van der Waals surface area contributed by atoms with Crippen LogP contribution >= 0.6 is 31.9 Å². The molecule has 0 heterocycles. The van der Waals surface area contributed by atoms with Gasteiger partial charge in [0.2, 0.25) is 0 Å². The van der Waals surface area contributed by atoms with Gasteiger partial charge in [-0.3, -0.25) is 8.37 Å². The van der Waals surface area contributed by atoms with Crippen molar-refractivity contribution < 1.29 is 25.2 Å². The van der Waals surface area contributed by atoms with E-state index in [0.29, 0.717) is 0 Å². The fourth-order valence-corrected chi connectivity index (χ4v) is 10.7. The predicted octanol–water partition coefficient (Wildman–Crippen LogP) is 2.02. The van der Waals surface area contributed by atoms with Gasteiger partial charge in [0.25, 0.3) is 20.2 Å². The largest absolute Gasteiger partial charge is 0.265 e. The molecule has 4 aliphatic rings. The van der Waals surface area contributed by atoms with Gasteiger partial charge in [0.1, 0.15) is 0 Å². The fourth-order valence-electron chi connectivity index (χ4n) is 6.05. The Morgan fingerprint density at radius 2 is 1.21 bits per heavy atom. The summed E-state index contributed by atoms with van der Waals surface area (Å²) in [5.74, 6) is 0.532. The fraction of sp³-hybridized carbons (Fsp3) is 1.00. The molecule has 4 aliphatic carbocycles. The summed E-state index contributed by atoms with van der Waals surface area (Å²) in [5, 5.41) is 0. The third kappa shape index (κ3) is 2.42. The van der Waals surface area contributed by atoms with E-state index in [1.165, 1.54) is 0 Å². The van der Waals surface area contributed by atoms with E-state index in [0.717, 1.165) is 38.2 Å². The molecule has 4 rings (SSSR count). The van der Waals surface area contributed by atoms with Crippen molar-refractivity contribution in [3.05, 3.63) is 0 Å². The first-order valence-electron chi connectivity index (χ1n) is 8.01. The van der Waals surface area contributed by atoms with Gasteiger partial charge in [-0.2, -0.15) is 16.8 Å². The second kappa shape index (κ2) is 5.19. The van der Waals surface area contributed by atoms with E-state index in [1.54, 1.807) is 0 Å². The van der Waals surface area contributed by atoms with Crippen LogP contribution in [-0.4, -0.2) is 50.2 Å². The van der Waals surface area contributed by atoms with Gasteiger partial charge >= 0.3 is 0 Å². The summed E-state index contributed by atoms with van der Waals surface area (Å²) in [6, 6.07) is 0. The first-order valence-corrected chi connectivity index (χ1v) is 13.2. The summed E-state index contributed by atoms with van der Waals surface area (Å²) in [7, 11) is -7.12. The normalized spacial score (nSPS) is 52.8. The molecule has 0 aromatic rings. The lowest BCUT2D eigenvalue weighted by Crippen LogP contribution is -2.44. The average Bonchev–Trinajstić information content (AvgIpc) is 3.03. The van der Waals surface area contributed by atoms with Gasteiger partial charge in [0.05, 0.1) is 33.4 Å². The van der Waals surface area contributed by atoms with Crippen LogP contribution in [-0.2, 0) is 28.6 Å². The first kappa shape index (κ1) is 18.2. The molecule has 8 atom stereocenters. The van der Waals surface area contributed by atoms with E-state index >= 15 is 0 Å². The lowest BCUT2D eigenvalue weighted by molar-refractivity contribution is 0.118. The molecule has 0 amide bonds. The molecule has 4 unspecified atom stereocenters. The Kier molecular flexibility index (Phi) is 3.92. The number of rotatable bonds is 4. The number of hydrogen-bond acceptors (Lipinski definition) is 6. The van der Waals surface area contributed by atoms with E-state index < -0.39 is 41.1 Å². The van der Waals surface area contributed by atoms with Crippen molar-refractivity contribution in [2.75, 3.05) is 12.5 Å². The minimum atomic E-state index is -3.56. The van der Waals surface area contributed by atoms with Crippen LogP contribution in [0.3, 0.4) is 0 Å². The highest BCUT2D eigenvalue weighted by atomic mass is 79.9. The third-order valence-electron chi connectivity index (χ3n) is 6.41. The quantitative estimate of drug-likeness (QED) is 0.427. The molecule has 0 aromatic heterocycles. The summed E-state index contributed by atoms with van der Waals surface area (Å²) in [4.78, 5) is 0. The molecule has 138 valence electrons. The molecule has 4 saturated carbocycles. The van der Waals surface area contributed by atoms with Gasteiger partial charge < -0.3 is 0 Å². The highest BCUT2D eigenvalue weighted by Gasteiger charge is 2.79. The minimum Gasteiger partial charge on any atom is -0.265 e. The Morgan fingerprint density at radius 3 is 1.54 bits per heavy atom. The topological polar surface area (TPSA) is 86.7 Å². The van der Waals surface area contributed by atoms with E-state index in [9.17, 15) is 16.8 Å². The maximum atomic E-state index is 11.8. The summed E-state index contributed by atoms with van der Waals surface area (Å²) >= 11 is 7.66. The van der Waals surface area contributed by atoms with Crippen LogP contribution in [0.25, 0.3) is 0 Å². The van der Waals surface area contributed by atoms with Crippen molar-refractivity contribution in [1.82, 2.24) is 0 Å². The molecule has 0 N–H and O–H groups in total. The van der Waals surface area contributed by atoms with Crippen molar-refractivity contribution in [3.8, 4) is 0 Å². The molecular weight excluding hydrogens is 488 g/mol. The van der Waals surface area contributed by atoms with Gasteiger partial charge in [0, 0.05) is 0 Å². The molecule has 0 radical (unpaired) electrons. The Hall–Kier alpha value is 0.780. The van der Waals surface area contributed by atoms with Crippen LogP contribution in [0.1, 0.15) is 25.7 Å². The number of hydrogen-bond donors (Lipinski definition) is 0. The summed E-state index contributed by atoms with van der Waals surface area (Å²) in [5.41, 5.74) is 0. The maximum absolute atomic E-state index is 11.8. The van der Waals surface area contributed by atoms with Crippen LogP contribution < -0.4 is 0 Å². The standard InChI is InChI=1S/C14H20Br2O6S2/c1-23(17,18)21-11-7-3-4-8-9(7)10-13(11,15)5-6-14(10,16)12(8)22-24(2,19)20/h7-12H,3-6H2,1-2H3/t7?,8?,9?,10?,11-,12+,13-,14+. The molecule has 10 heteroatoms. The zero-order chi connectivity index (χ0) is 17.7. The maximum Gasteiger partial charge on any atom is 0.264 e. The lowest BCUT2D eigenvalue weighted by Gasteiger charge is -2.34. The summed E-state index contributed by atoms with van der Waals surface area (Å²) < 4.78 is 57.2. The van der Waals surface area contributed by atoms with Crippen LogP contribution in [0.5, 0.6) is 0 Å². The van der Waals surface area contributed by atoms with Crippen LogP contribution in [0.2, 0.25) is 0 Å². The van der Waals surface area contributed by atoms with E-state index in [-0.39, 0.29) is 23.7 Å².